The topological polar surface area (TPSA) is 54.3 Å². The summed E-state index contributed by atoms with van der Waals surface area (Å²) in [6.45, 7) is 5.81. The summed E-state index contributed by atoms with van der Waals surface area (Å²) < 4.78 is 0.272. The van der Waals surface area contributed by atoms with E-state index in [1.165, 1.54) is 0 Å². The molecule has 5 atom stereocenters. The summed E-state index contributed by atoms with van der Waals surface area (Å²) in [5, 5.41) is 2.98. The minimum Gasteiger partial charge on any atom is -0.336 e. The summed E-state index contributed by atoms with van der Waals surface area (Å²) in [6.07, 6.45) is 1.87. The molecule has 1 saturated heterocycles. The summed E-state index contributed by atoms with van der Waals surface area (Å²) in [4.78, 5) is 27.4. The lowest BCUT2D eigenvalue weighted by Gasteiger charge is -2.47. The van der Waals surface area contributed by atoms with Crippen LogP contribution in [0.25, 0.3) is 0 Å². The van der Waals surface area contributed by atoms with E-state index >= 15 is 0 Å². The van der Waals surface area contributed by atoms with Crippen molar-refractivity contribution in [1.82, 2.24) is 14.8 Å². The van der Waals surface area contributed by atoms with Crippen molar-refractivity contribution in [2.75, 3.05) is 13.1 Å². The number of nitrogens with one attached hydrogen (secondary N) is 1. The first-order chi connectivity index (χ1) is 14.4. The van der Waals surface area contributed by atoms with Crippen LogP contribution in [0.5, 0.6) is 0 Å². The molecule has 4 rings (SSSR count). The van der Waals surface area contributed by atoms with Crippen LogP contribution in [0, 0.1) is 23.2 Å². The zero-order chi connectivity index (χ0) is 22.7. The van der Waals surface area contributed by atoms with E-state index in [0.717, 1.165) is 12.1 Å². The fourth-order valence-electron chi connectivity index (χ4n) is 5.37. The number of piperidine rings is 1. The van der Waals surface area contributed by atoms with E-state index in [2.05, 4.69) is 5.32 Å². The molecule has 2 bridgehead atoms. The van der Waals surface area contributed by atoms with Crippen molar-refractivity contribution in [2.24, 2.45) is 23.2 Å². The third-order valence-corrected chi connectivity index (χ3v) is 7.83. The molecule has 1 N–H and O–H groups in total. The van der Waals surface area contributed by atoms with Gasteiger partial charge in [-0.15, -0.1) is 0 Å². The SMILES string of the molecule is CC1(C)[C@H](C=C(Cl)Cl)[C@@H]1C(=O)N[C@@H](N1C[C@H]2C[C@@H](C1)c1cccc(=O)n1C2)C(Cl)(Cl)Cl. The molecular weight excluding hydrogens is 504 g/mol. The van der Waals surface area contributed by atoms with Crippen LogP contribution < -0.4 is 10.9 Å². The second-order valence-electron chi connectivity index (χ2n) is 9.39. The van der Waals surface area contributed by atoms with Crippen molar-refractivity contribution in [3.05, 3.63) is 44.8 Å². The molecule has 0 unspecified atom stereocenters. The second-order valence-corrected chi connectivity index (χ2v) is 12.8. The van der Waals surface area contributed by atoms with Gasteiger partial charge in [-0.05, 0) is 35.8 Å². The Kier molecular flexibility index (Phi) is 6.44. The van der Waals surface area contributed by atoms with E-state index in [1.807, 2.05) is 29.4 Å². The van der Waals surface area contributed by atoms with Gasteiger partial charge in [-0.3, -0.25) is 14.5 Å². The van der Waals surface area contributed by atoms with Gasteiger partial charge in [0.15, 0.2) is 0 Å². The fraction of sp³-hybridized carbons (Fsp3) is 0.619. The first-order valence-electron chi connectivity index (χ1n) is 10.2. The van der Waals surface area contributed by atoms with Gasteiger partial charge < -0.3 is 9.88 Å². The molecule has 3 aliphatic rings. The Morgan fingerprint density at radius 3 is 2.58 bits per heavy atom. The lowest BCUT2D eigenvalue weighted by atomic mass is 9.83. The number of rotatable bonds is 4. The lowest BCUT2D eigenvalue weighted by molar-refractivity contribution is -0.125. The van der Waals surface area contributed by atoms with E-state index in [0.29, 0.717) is 19.6 Å². The van der Waals surface area contributed by atoms with Gasteiger partial charge in [0.05, 0.1) is 5.92 Å². The van der Waals surface area contributed by atoms with Crippen molar-refractivity contribution in [3.63, 3.8) is 0 Å². The standard InChI is InChI=1S/C21H24Cl5N3O2/c1-20(2)13(7-15(22)23)17(20)18(31)27-19(21(24,25)26)28-8-11-6-12(10-28)14-4-3-5-16(30)29(14)9-11/h3-5,7,11-13,17,19H,6,8-10H2,1-2H3,(H,27,31)/t11-,12+,13-,17-,19+/m1/s1. The Balaban J connectivity index is 1.54. The van der Waals surface area contributed by atoms with Gasteiger partial charge in [0.1, 0.15) is 10.7 Å². The van der Waals surface area contributed by atoms with Crippen molar-refractivity contribution in [2.45, 2.75) is 42.7 Å². The van der Waals surface area contributed by atoms with Gasteiger partial charge in [-0.2, -0.15) is 0 Å². The average molecular weight is 528 g/mol. The number of hydrogen-bond donors (Lipinski definition) is 1. The highest BCUT2D eigenvalue weighted by atomic mass is 35.6. The molecule has 0 spiro atoms. The van der Waals surface area contributed by atoms with Crippen molar-refractivity contribution in [3.8, 4) is 0 Å². The van der Waals surface area contributed by atoms with Crippen LogP contribution in [0.2, 0.25) is 0 Å². The minimum atomic E-state index is -1.72. The number of aromatic nitrogens is 1. The number of pyridine rings is 1. The Morgan fingerprint density at radius 1 is 1.23 bits per heavy atom. The van der Waals surface area contributed by atoms with Crippen molar-refractivity contribution >= 4 is 63.9 Å². The molecule has 10 heteroatoms. The third-order valence-electron chi connectivity index (χ3n) is 6.96. The second kappa shape index (κ2) is 8.41. The Bertz CT molecular complexity index is 966. The number of hydrogen-bond acceptors (Lipinski definition) is 3. The summed E-state index contributed by atoms with van der Waals surface area (Å²) in [7, 11) is 0. The number of alkyl halides is 3. The maximum Gasteiger partial charge on any atom is 0.250 e. The first-order valence-corrected chi connectivity index (χ1v) is 12.1. The molecule has 3 heterocycles. The van der Waals surface area contributed by atoms with E-state index in [4.69, 9.17) is 58.0 Å². The van der Waals surface area contributed by atoms with Crippen LogP contribution in [0.3, 0.4) is 0 Å². The quantitative estimate of drug-likeness (QED) is 0.579. The molecule has 0 aromatic carbocycles. The van der Waals surface area contributed by atoms with Gasteiger partial charge in [-0.25, -0.2) is 0 Å². The molecule has 1 amide bonds. The number of amides is 1. The molecule has 170 valence electrons. The van der Waals surface area contributed by atoms with E-state index < -0.39 is 9.96 Å². The molecule has 1 aliphatic carbocycles. The van der Waals surface area contributed by atoms with Crippen LogP contribution in [0.15, 0.2) is 33.6 Å². The van der Waals surface area contributed by atoms with Gasteiger partial charge >= 0.3 is 0 Å². The van der Waals surface area contributed by atoms with Gasteiger partial charge in [0.2, 0.25) is 9.70 Å². The largest absolute Gasteiger partial charge is 0.336 e. The number of nitrogens with zero attached hydrogens (tertiary/aromatic N) is 2. The van der Waals surface area contributed by atoms with E-state index in [9.17, 15) is 9.59 Å². The Labute approximate surface area is 206 Å². The van der Waals surface area contributed by atoms with E-state index in [-0.39, 0.29) is 45.0 Å². The van der Waals surface area contributed by atoms with Gasteiger partial charge in [-0.1, -0.05) is 77.9 Å². The molecule has 5 nitrogen and oxygen atoms in total. The molecule has 1 aromatic heterocycles. The zero-order valence-electron chi connectivity index (χ0n) is 17.1. The number of halogens is 5. The van der Waals surface area contributed by atoms with Crippen molar-refractivity contribution < 1.29 is 4.79 Å². The smallest absolute Gasteiger partial charge is 0.250 e. The molecule has 0 radical (unpaired) electrons. The number of likely N-dealkylation sites (tertiary alicyclic amines) is 1. The predicted octanol–water partition coefficient (Wildman–Crippen LogP) is 4.67. The Morgan fingerprint density at radius 2 is 1.94 bits per heavy atom. The number of carbonyl (C=O) groups excluding carboxylic acids is 1. The number of allylic oxidation sites excluding steroid dienone is 1. The molecule has 1 saturated carbocycles. The van der Waals surface area contributed by atoms with Gasteiger partial charge in [0.25, 0.3) is 5.56 Å². The minimum absolute atomic E-state index is 0.0138. The summed E-state index contributed by atoms with van der Waals surface area (Å²) >= 11 is 30.7. The number of fused-ring (bicyclic) bond motifs is 4. The van der Waals surface area contributed by atoms with Crippen LogP contribution in [-0.4, -0.2) is 38.4 Å². The van der Waals surface area contributed by atoms with Crippen molar-refractivity contribution in [1.29, 1.82) is 0 Å². The maximum atomic E-state index is 13.1. The van der Waals surface area contributed by atoms with Crippen LogP contribution in [0.1, 0.15) is 31.9 Å². The normalized spacial score (nSPS) is 30.2. The Hall–Kier alpha value is -0.430. The summed E-state index contributed by atoms with van der Waals surface area (Å²) in [5.41, 5.74) is 0.725. The monoisotopic (exact) mass is 525 g/mol. The fourth-order valence-corrected chi connectivity index (χ4v) is 6.22. The van der Waals surface area contributed by atoms with Crippen LogP contribution in [0.4, 0.5) is 0 Å². The highest BCUT2D eigenvalue weighted by Crippen LogP contribution is 2.60. The highest BCUT2D eigenvalue weighted by molar-refractivity contribution is 6.68. The molecule has 2 fully saturated rings. The highest BCUT2D eigenvalue weighted by Gasteiger charge is 2.61. The predicted molar refractivity (Wildman–Crippen MR) is 126 cm³/mol. The van der Waals surface area contributed by atoms with E-state index in [1.54, 1.807) is 18.2 Å². The molecular formula is C21H24Cl5N3O2. The molecule has 31 heavy (non-hydrogen) atoms. The van der Waals surface area contributed by atoms with Crippen LogP contribution >= 0.6 is 58.0 Å². The third kappa shape index (κ3) is 4.64. The summed E-state index contributed by atoms with van der Waals surface area (Å²) in [6, 6.07) is 5.35. The zero-order valence-corrected chi connectivity index (χ0v) is 20.9. The lowest BCUT2D eigenvalue weighted by Crippen LogP contribution is -2.60. The maximum absolute atomic E-state index is 13.1. The average Bonchev–Trinajstić information content (AvgIpc) is 3.18. The van der Waals surface area contributed by atoms with Gasteiger partial charge in [0, 0.05) is 37.3 Å². The molecule has 2 aliphatic heterocycles. The molecule has 1 aromatic rings. The summed E-state index contributed by atoms with van der Waals surface area (Å²) in [5.74, 6) is -0.201. The van der Waals surface area contributed by atoms with Crippen LogP contribution in [-0.2, 0) is 11.3 Å². The first kappa shape index (κ1) is 23.7. The number of carbonyl (C=O) groups is 1.